The molecule has 0 saturated carbocycles. The first-order valence-electron chi connectivity index (χ1n) is 12.1. The molecule has 4 saturated heterocycles. The Hall–Kier alpha value is -2.05. The number of anilines is 2. The second kappa shape index (κ2) is 8.31. The molecule has 2 bridgehead atoms. The summed E-state index contributed by atoms with van der Waals surface area (Å²) >= 11 is 0. The van der Waals surface area contributed by atoms with E-state index in [2.05, 4.69) is 33.4 Å². The molecule has 178 valence electrons. The van der Waals surface area contributed by atoms with E-state index in [9.17, 15) is 8.42 Å². The van der Waals surface area contributed by atoms with Crippen LogP contribution in [0.5, 0.6) is 0 Å². The Bertz CT molecular complexity index is 1130. The summed E-state index contributed by atoms with van der Waals surface area (Å²) < 4.78 is 29.6. The Labute approximate surface area is 194 Å². The highest BCUT2D eigenvalue weighted by Gasteiger charge is 2.49. The van der Waals surface area contributed by atoms with Crippen molar-refractivity contribution in [3.63, 3.8) is 0 Å². The standard InChI is InChI=1S/C22H32N8O2S/c1-14-10-21(28-27-14)25-20-13-19-18(4-2-7-23-19)22(26-20)24-15-11-16-5-6-17(12-15)30(16)33(31,32)29-8-3-9-29/h2,4,7,13-17,21,27-28H,3,5-6,8-12H2,1H3,(H2,24,25,26)/t14?,15?,16-,17+,21?. The molecular weight excluding hydrogens is 440 g/mol. The maximum absolute atomic E-state index is 13.1. The van der Waals surface area contributed by atoms with Gasteiger partial charge in [0.05, 0.1) is 11.7 Å². The minimum Gasteiger partial charge on any atom is -0.367 e. The number of fused-ring (bicyclic) bond motifs is 3. The quantitative estimate of drug-likeness (QED) is 0.501. The fraction of sp³-hybridized carbons (Fsp3) is 0.636. The zero-order chi connectivity index (χ0) is 22.6. The van der Waals surface area contributed by atoms with Crippen molar-refractivity contribution in [1.29, 1.82) is 0 Å². The molecule has 4 aliphatic heterocycles. The molecule has 4 aliphatic rings. The summed E-state index contributed by atoms with van der Waals surface area (Å²) in [5, 5.41) is 8.11. The van der Waals surface area contributed by atoms with E-state index in [4.69, 9.17) is 4.98 Å². The highest BCUT2D eigenvalue weighted by Crippen LogP contribution is 2.40. The van der Waals surface area contributed by atoms with Gasteiger partial charge in [-0.05, 0) is 57.6 Å². The second-order valence-electron chi connectivity index (χ2n) is 9.84. The number of piperidine rings is 1. The lowest BCUT2D eigenvalue weighted by Crippen LogP contribution is -2.57. The predicted octanol–water partition coefficient (Wildman–Crippen LogP) is 1.61. The molecule has 2 aromatic rings. The molecule has 2 aromatic heterocycles. The highest BCUT2D eigenvalue weighted by atomic mass is 32.2. The van der Waals surface area contributed by atoms with E-state index >= 15 is 0 Å². The first-order chi connectivity index (χ1) is 16.0. The molecular formula is C22H32N8O2S. The fourth-order valence-corrected chi connectivity index (χ4v) is 7.84. The number of aromatic nitrogens is 2. The van der Waals surface area contributed by atoms with Crippen molar-refractivity contribution in [1.82, 2.24) is 29.4 Å². The van der Waals surface area contributed by atoms with Gasteiger partial charge in [-0.15, -0.1) is 0 Å². The van der Waals surface area contributed by atoms with Crippen LogP contribution in [0.3, 0.4) is 0 Å². The summed E-state index contributed by atoms with van der Waals surface area (Å²) in [7, 11) is -3.33. The van der Waals surface area contributed by atoms with E-state index in [-0.39, 0.29) is 24.3 Å². The molecule has 0 aromatic carbocycles. The van der Waals surface area contributed by atoms with Crippen molar-refractivity contribution < 1.29 is 8.42 Å². The van der Waals surface area contributed by atoms with Gasteiger partial charge in [0.2, 0.25) is 0 Å². The van der Waals surface area contributed by atoms with Gasteiger partial charge in [0, 0.05) is 54.9 Å². The zero-order valence-corrected chi connectivity index (χ0v) is 19.7. The molecule has 4 N–H and O–H groups in total. The smallest absolute Gasteiger partial charge is 0.282 e. The summed E-state index contributed by atoms with van der Waals surface area (Å²) in [5.74, 6) is 1.59. The minimum atomic E-state index is -3.33. The van der Waals surface area contributed by atoms with Crippen LogP contribution in [0.2, 0.25) is 0 Å². The molecule has 0 aliphatic carbocycles. The number of pyridine rings is 2. The number of nitrogens with one attached hydrogen (secondary N) is 4. The monoisotopic (exact) mass is 472 g/mol. The average molecular weight is 473 g/mol. The SMILES string of the molecule is CC1CC(Nc2cc3ncccc3c(NC3C[C@H]4CC[C@@H](C3)N4S(=O)(=O)N3CCC3)n2)NN1. The summed E-state index contributed by atoms with van der Waals surface area (Å²) in [5.41, 5.74) is 7.37. The van der Waals surface area contributed by atoms with Gasteiger partial charge in [0.25, 0.3) is 10.2 Å². The van der Waals surface area contributed by atoms with E-state index < -0.39 is 10.2 Å². The Morgan fingerprint density at radius 1 is 1.09 bits per heavy atom. The first-order valence-corrected chi connectivity index (χ1v) is 13.5. The predicted molar refractivity (Wildman–Crippen MR) is 128 cm³/mol. The van der Waals surface area contributed by atoms with Crippen LogP contribution in [0.25, 0.3) is 10.9 Å². The van der Waals surface area contributed by atoms with E-state index in [1.807, 2.05) is 22.5 Å². The molecule has 6 heterocycles. The van der Waals surface area contributed by atoms with E-state index in [1.54, 1.807) is 10.5 Å². The summed E-state index contributed by atoms with van der Waals surface area (Å²) in [6.07, 6.45) is 7.30. The maximum atomic E-state index is 13.1. The van der Waals surface area contributed by atoms with E-state index in [1.165, 1.54) is 0 Å². The first kappa shape index (κ1) is 21.5. The molecule has 3 unspecified atom stereocenters. The third-order valence-corrected chi connectivity index (χ3v) is 9.58. The van der Waals surface area contributed by atoms with Gasteiger partial charge in [-0.1, -0.05) is 0 Å². The molecule has 0 spiro atoms. The molecule has 5 atom stereocenters. The Kier molecular flexibility index (Phi) is 5.41. The lowest BCUT2D eigenvalue weighted by atomic mass is 9.99. The molecule has 0 radical (unpaired) electrons. The zero-order valence-electron chi connectivity index (χ0n) is 18.9. The van der Waals surface area contributed by atoms with Crippen LogP contribution >= 0.6 is 0 Å². The Balaban J connectivity index is 1.22. The van der Waals surface area contributed by atoms with Crippen molar-refractivity contribution in [3.8, 4) is 0 Å². The van der Waals surface area contributed by atoms with Gasteiger partial charge in [0.15, 0.2) is 0 Å². The highest BCUT2D eigenvalue weighted by molar-refractivity contribution is 7.86. The lowest BCUT2D eigenvalue weighted by molar-refractivity contribution is 0.199. The van der Waals surface area contributed by atoms with Crippen molar-refractivity contribution >= 4 is 32.7 Å². The third-order valence-electron chi connectivity index (χ3n) is 7.43. The molecule has 6 rings (SSSR count). The van der Waals surface area contributed by atoms with Crippen molar-refractivity contribution in [2.75, 3.05) is 23.7 Å². The van der Waals surface area contributed by atoms with Gasteiger partial charge in [-0.2, -0.15) is 17.0 Å². The Morgan fingerprint density at radius 3 is 2.55 bits per heavy atom. The summed E-state index contributed by atoms with van der Waals surface area (Å²) in [6, 6.07) is 6.65. The van der Waals surface area contributed by atoms with Crippen LogP contribution in [0.15, 0.2) is 24.4 Å². The number of rotatable bonds is 6. The van der Waals surface area contributed by atoms with Crippen LogP contribution < -0.4 is 21.5 Å². The van der Waals surface area contributed by atoms with E-state index in [0.29, 0.717) is 19.1 Å². The minimum absolute atomic E-state index is 0.0628. The van der Waals surface area contributed by atoms with Crippen molar-refractivity contribution in [2.45, 2.75) is 75.8 Å². The third kappa shape index (κ3) is 3.95. The van der Waals surface area contributed by atoms with Gasteiger partial charge in [0.1, 0.15) is 11.6 Å². The summed E-state index contributed by atoms with van der Waals surface area (Å²) in [6.45, 7) is 3.46. The van der Waals surface area contributed by atoms with Crippen LogP contribution in [0.1, 0.15) is 45.4 Å². The normalized spacial score (nSPS) is 32.7. The second-order valence-corrected chi connectivity index (χ2v) is 11.7. The van der Waals surface area contributed by atoms with Gasteiger partial charge in [-0.25, -0.2) is 10.4 Å². The van der Waals surface area contributed by atoms with Crippen LogP contribution in [0, 0.1) is 0 Å². The fourth-order valence-electron chi connectivity index (χ4n) is 5.72. The van der Waals surface area contributed by atoms with Crippen molar-refractivity contribution in [2.24, 2.45) is 0 Å². The molecule has 10 nitrogen and oxygen atoms in total. The topological polar surface area (TPSA) is 115 Å². The van der Waals surface area contributed by atoms with Crippen molar-refractivity contribution in [3.05, 3.63) is 24.4 Å². The van der Waals surface area contributed by atoms with Gasteiger partial charge >= 0.3 is 0 Å². The molecule has 33 heavy (non-hydrogen) atoms. The van der Waals surface area contributed by atoms with Crippen LogP contribution in [-0.4, -0.2) is 70.4 Å². The number of hydrazine groups is 1. The molecule has 4 fully saturated rings. The number of hydrogen-bond acceptors (Lipinski definition) is 8. The summed E-state index contributed by atoms with van der Waals surface area (Å²) in [4.78, 5) is 9.46. The van der Waals surface area contributed by atoms with Crippen LogP contribution in [-0.2, 0) is 10.2 Å². The average Bonchev–Trinajstić information content (AvgIpc) is 3.27. The molecule has 11 heteroatoms. The van der Waals surface area contributed by atoms with Gasteiger partial charge < -0.3 is 10.6 Å². The van der Waals surface area contributed by atoms with Gasteiger partial charge in [-0.3, -0.25) is 10.4 Å². The number of nitrogens with zero attached hydrogens (tertiary/aromatic N) is 4. The largest absolute Gasteiger partial charge is 0.367 e. The maximum Gasteiger partial charge on any atom is 0.282 e. The van der Waals surface area contributed by atoms with E-state index in [0.717, 1.165) is 61.1 Å². The Morgan fingerprint density at radius 2 is 1.88 bits per heavy atom. The molecule has 0 amide bonds. The number of hydrogen-bond donors (Lipinski definition) is 4. The lowest BCUT2D eigenvalue weighted by Gasteiger charge is -2.42. The van der Waals surface area contributed by atoms with Crippen LogP contribution in [0.4, 0.5) is 11.6 Å².